The second-order valence-corrected chi connectivity index (χ2v) is 4.76. The van der Waals surface area contributed by atoms with Gasteiger partial charge < -0.3 is 24.4 Å². The molecule has 15 heavy (non-hydrogen) atoms. The minimum Gasteiger partial charge on any atom is -0.393 e. The molecule has 0 bridgehead atoms. The van der Waals surface area contributed by atoms with E-state index in [9.17, 15) is 10.2 Å². The van der Waals surface area contributed by atoms with Gasteiger partial charge in [0.15, 0.2) is 12.1 Å². The Bertz CT molecular complexity index is 248. The number of fused-ring (bicyclic) bond motifs is 1. The van der Waals surface area contributed by atoms with Crippen LogP contribution in [0, 0.1) is 5.92 Å². The Morgan fingerprint density at radius 3 is 2.13 bits per heavy atom. The molecule has 2 N–H and O–H groups in total. The lowest BCUT2D eigenvalue weighted by Crippen LogP contribution is -2.45. The molecule has 2 aliphatic heterocycles. The molecule has 5 nitrogen and oxygen atoms in total. The maximum Gasteiger partial charge on any atom is 0.188 e. The summed E-state index contributed by atoms with van der Waals surface area (Å²) in [5.41, 5.74) is -0.939. The van der Waals surface area contributed by atoms with Crippen molar-refractivity contribution in [2.75, 3.05) is 13.2 Å². The molecule has 2 fully saturated rings. The van der Waals surface area contributed by atoms with E-state index in [1.807, 2.05) is 20.8 Å². The second kappa shape index (κ2) is 3.40. The van der Waals surface area contributed by atoms with E-state index < -0.39 is 17.7 Å². The SMILES string of the molecule is C[C@@H]1[C@H]2OC(C)(C)O[C@H]2OC1(CO)CO. The van der Waals surface area contributed by atoms with Crippen LogP contribution in [0.1, 0.15) is 20.8 Å². The fourth-order valence-electron chi connectivity index (χ4n) is 2.24. The van der Waals surface area contributed by atoms with Gasteiger partial charge in [0, 0.05) is 5.92 Å². The minimum absolute atomic E-state index is 0.0979. The predicted octanol–water partition coefficient (Wildman–Crippen LogP) is -0.146. The minimum atomic E-state index is -0.939. The average molecular weight is 218 g/mol. The van der Waals surface area contributed by atoms with E-state index in [0.29, 0.717) is 0 Å². The van der Waals surface area contributed by atoms with E-state index in [1.54, 1.807) is 0 Å². The summed E-state index contributed by atoms with van der Waals surface area (Å²) in [6.45, 7) is 5.07. The molecule has 2 aliphatic rings. The standard InChI is InChI=1S/C10H18O5/c1-6-7-8(14-9(2,3)13-7)15-10(6,4-11)5-12/h6-8,11-12H,4-5H2,1-3H3/t6-,7-,8+/m1/s1. The number of ether oxygens (including phenoxy) is 3. The van der Waals surface area contributed by atoms with Crippen molar-refractivity contribution in [2.45, 2.75) is 44.6 Å². The summed E-state index contributed by atoms with van der Waals surface area (Å²) in [5, 5.41) is 18.6. The van der Waals surface area contributed by atoms with Crippen LogP contribution < -0.4 is 0 Å². The molecule has 5 heteroatoms. The summed E-state index contributed by atoms with van der Waals surface area (Å²) in [6, 6.07) is 0. The summed E-state index contributed by atoms with van der Waals surface area (Å²) in [4.78, 5) is 0. The van der Waals surface area contributed by atoms with Crippen LogP contribution in [-0.2, 0) is 14.2 Å². The molecule has 2 heterocycles. The lowest BCUT2D eigenvalue weighted by atomic mass is 9.88. The Morgan fingerprint density at radius 1 is 1.07 bits per heavy atom. The van der Waals surface area contributed by atoms with Gasteiger partial charge >= 0.3 is 0 Å². The first kappa shape index (κ1) is 11.3. The van der Waals surface area contributed by atoms with Crippen molar-refractivity contribution in [3.63, 3.8) is 0 Å². The Morgan fingerprint density at radius 2 is 1.67 bits per heavy atom. The van der Waals surface area contributed by atoms with Crippen molar-refractivity contribution in [2.24, 2.45) is 5.92 Å². The van der Waals surface area contributed by atoms with Crippen LogP contribution >= 0.6 is 0 Å². The molecule has 0 unspecified atom stereocenters. The van der Waals surface area contributed by atoms with Gasteiger partial charge in [-0.25, -0.2) is 0 Å². The van der Waals surface area contributed by atoms with Crippen LogP contribution in [0.3, 0.4) is 0 Å². The maximum atomic E-state index is 9.28. The van der Waals surface area contributed by atoms with Crippen molar-refractivity contribution in [1.82, 2.24) is 0 Å². The van der Waals surface area contributed by atoms with Gasteiger partial charge in [-0.05, 0) is 13.8 Å². The first-order valence-electron chi connectivity index (χ1n) is 5.19. The lowest BCUT2D eigenvalue weighted by Gasteiger charge is -2.31. The Balaban J connectivity index is 2.17. The zero-order chi connectivity index (χ0) is 11.3. The molecular weight excluding hydrogens is 200 g/mol. The summed E-state index contributed by atoms with van der Waals surface area (Å²) in [6.07, 6.45) is -0.714. The summed E-state index contributed by atoms with van der Waals surface area (Å²) in [5.74, 6) is -0.750. The molecule has 2 saturated heterocycles. The maximum absolute atomic E-state index is 9.28. The van der Waals surface area contributed by atoms with E-state index in [-0.39, 0.29) is 25.2 Å². The molecule has 0 aromatic heterocycles. The molecule has 0 aromatic rings. The van der Waals surface area contributed by atoms with Crippen molar-refractivity contribution >= 4 is 0 Å². The normalized spacial score (nSPS) is 41.8. The van der Waals surface area contributed by atoms with Crippen molar-refractivity contribution in [3.8, 4) is 0 Å². The molecule has 0 spiro atoms. The fraction of sp³-hybridized carbons (Fsp3) is 1.00. The Hall–Kier alpha value is -0.200. The molecule has 0 saturated carbocycles. The van der Waals surface area contributed by atoms with E-state index in [2.05, 4.69) is 0 Å². The highest BCUT2D eigenvalue weighted by Crippen LogP contribution is 2.45. The molecule has 0 aliphatic carbocycles. The molecule has 2 rings (SSSR count). The number of rotatable bonds is 2. The van der Waals surface area contributed by atoms with Crippen LogP contribution in [-0.4, -0.2) is 47.2 Å². The number of aliphatic hydroxyl groups excluding tert-OH is 2. The van der Waals surface area contributed by atoms with Crippen LogP contribution in [0.5, 0.6) is 0 Å². The fourth-order valence-corrected chi connectivity index (χ4v) is 2.24. The highest BCUT2D eigenvalue weighted by Gasteiger charge is 2.59. The third kappa shape index (κ3) is 1.59. The summed E-state index contributed by atoms with van der Waals surface area (Å²) >= 11 is 0. The number of aliphatic hydroxyl groups is 2. The monoisotopic (exact) mass is 218 g/mol. The molecular formula is C10H18O5. The quantitative estimate of drug-likeness (QED) is 0.675. The smallest absolute Gasteiger partial charge is 0.188 e. The van der Waals surface area contributed by atoms with Crippen molar-refractivity contribution in [3.05, 3.63) is 0 Å². The van der Waals surface area contributed by atoms with E-state index >= 15 is 0 Å². The highest BCUT2D eigenvalue weighted by molar-refractivity contribution is 5.00. The van der Waals surface area contributed by atoms with Crippen LogP contribution in [0.25, 0.3) is 0 Å². The second-order valence-electron chi connectivity index (χ2n) is 4.76. The van der Waals surface area contributed by atoms with Crippen molar-refractivity contribution < 1.29 is 24.4 Å². The molecule has 3 atom stereocenters. The van der Waals surface area contributed by atoms with Crippen LogP contribution in [0.2, 0.25) is 0 Å². The summed E-state index contributed by atoms with van der Waals surface area (Å²) in [7, 11) is 0. The lowest BCUT2D eigenvalue weighted by molar-refractivity contribution is -0.244. The van der Waals surface area contributed by atoms with Gasteiger partial charge in [0.25, 0.3) is 0 Å². The van der Waals surface area contributed by atoms with Gasteiger partial charge in [0.05, 0.1) is 13.2 Å². The first-order valence-corrected chi connectivity index (χ1v) is 5.19. The summed E-state index contributed by atoms with van der Waals surface area (Å²) < 4.78 is 16.8. The van der Waals surface area contributed by atoms with Gasteiger partial charge in [-0.15, -0.1) is 0 Å². The zero-order valence-electron chi connectivity index (χ0n) is 9.27. The van der Waals surface area contributed by atoms with E-state index in [0.717, 1.165) is 0 Å². The van der Waals surface area contributed by atoms with E-state index in [1.165, 1.54) is 0 Å². The Kier molecular flexibility index (Phi) is 2.56. The van der Waals surface area contributed by atoms with Crippen LogP contribution in [0.15, 0.2) is 0 Å². The zero-order valence-corrected chi connectivity index (χ0v) is 9.27. The highest BCUT2D eigenvalue weighted by atomic mass is 16.8. The molecule has 0 aromatic carbocycles. The van der Waals surface area contributed by atoms with Gasteiger partial charge in [0.1, 0.15) is 11.7 Å². The van der Waals surface area contributed by atoms with Gasteiger partial charge in [-0.3, -0.25) is 0 Å². The average Bonchev–Trinajstić information content (AvgIpc) is 2.59. The Labute approximate surface area is 88.9 Å². The van der Waals surface area contributed by atoms with Gasteiger partial charge in [-0.2, -0.15) is 0 Å². The number of hydrogen-bond donors (Lipinski definition) is 2. The number of hydrogen-bond acceptors (Lipinski definition) is 5. The molecule has 0 amide bonds. The van der Waals surface area contributed by atoms with Gasteiger partial charge in [-0.1, -0.05) is 6.92 Å². The first-order chi connectivity index (χ1) is 6.94. The van der Waals surface area contributed by atoms with Crippen molar-refractivity contribution in [1.29, 1.82) is 0 Å². The topological polar surface area (TPSA) is 68.2 Å². The third-order valence-corrected chi connectivity index (χ3v) is 3.30. The van der Waals surface area contributed by atoms with E-state index in [4.69, 9.17) is 14.2 Å². The molecule has 0 radical (unpaired) electrons. The van der Waals surface area contributed by atoms with Crippen LogP contribution in [0.4, 0.5) is 0 Å². The predicted molar refractivity (Wildman–Crippen MR) is 51.0 cm³/mol. The molecule has 88 valence electrons. The largest absolute Gasteiger partial charge is 0.393 e. The van der Waals surface area contributed by atoms with Gasteiger partial charge in [0.2, 0.25) is 0 Å². The third-order valence-electron chi connectivity index (χ3n) is 3.30.